The van der Waals surface area contributed by atoms with Gasteiger partial charge in [0, 0.05) is 14.1 Å². The summed E-state index contributed by atoms with van der Waals surface area (Å²) in [6.45, 7) is -0.271. The molecule has 1 saturated heterocycles. The van der Waals surface area contributed by atoms with Crippen molar-refractivity contribution in [2.75, 3.05) is 20.7 Å². The van der Waals surface area contributed by atoms with Gasteiger partial charge in [0.1, 0.15) is 12.7 Å². The SMILES string of the molecule is CN(C)C(=S)N[C@@H]1O[C@H](COC(=O)c2ccccc2)[C@@H](OC(=O)c2ccccc2)[C@H]1OC(=O)c1ccccc1. The zero-order chi connectivity index (χ0) is 27.8. The highest BCUT2D eigenvalue weighted by Gasteiger charge is 2.51. The minimum absolute atomic E-state index is 0.271. The van der Waals surface area contributed by atoms with Gasteiger partial charge in [-0.05, 0) is 48.6 Å². The molecule has 1 fully saturated rings. The van der Waals surface area contributed by atoms with Crippen LogP contribution in [0, 0.1) is 0 Å². The van der Waals surface area contributed by atoms with Crippen molar-refractivity contribution in [2.24, 2.45) is 0 Å². The lowest BCUT2D eigenvalue weighted by molar-refractivity contribution is -0.0457. The number of nitrogens with zero attached hydrogens (tertiary/aromatic N) is 1. The van der Waals surface area contributed by atoms with Crippen LogP contribution in [-0.4, -0.2) is 73.2 Å². The molecule has 1 aliphatic heterocycles. The summed E-state index contributed by atoms with van der Waals surface area (Å²) < 4.78 is 23.3. The lowest BCUT2D eigenvalue weighted by Crippen LogP contribution is -2.49. The number of benzene rings is 3. The molecule has 39 heavy (non-hydrogen) atoms. The van der Waals surface area contributed by atoms with Crippen molar-refractivity contribution in [1.82, 2.24) is 10.2 Å². The standard InChI is InChI=1S/C29H28N2O7S/c1-31(2)29(39)30-25-24(38-28(34)21-16-10-5-11-17-21)23(37-27(33)20-14-8-4-9-15-20)22(36-25)18-35-26(32)19-12-6-3-7-13-19/h3-17,22-25H,18H2,1-2H3,(H,30,39)/t22-,23-,24-,25-/m1/s1. The van der Waals surface area contributed by atoms with Crippen molar-refractivity contribution in [2.45, 2.75) is 24.5 Å². The summed E-state index contributed by atoms with van der Waals surface area (Å²) in [6, 6.07) is 25.2. The van der Waals surface area contributed by atoms with Crippen LogP contribution in [0.25, 0.3) is 0 Å². The molecule has 0 amide bonds. The van der Waals surface area contributed by atoms with Crippen molar-refractivity contribution in [1.29, 1.82) is 0 Å². The molecular formula is C29H28N2O7S. The van der Waals surface area contributed by atoms with Gasteiger partial charge in [-0.2, -0.15) is 0 Å². The zero-order valence-electron chi connectivity index (χ0n) is 21.4. The van der Waals surface area contributed by atoms with E-state index in [0.717, 1.165) is 0 Å². The molecular weight excluding hydrogens is 520 g/mol. The highest BCUT2D eigenvalue weighted by Crippen LogP contribution is 2.28. The van der Waals surface area contributed by atoms with E-state index in [1.807, 2.05) is 0 Å². The number of hydrogen-bond acceptors (Lipinski definition) is 8. The summed E-state index contributed by atoms with van der Waals surface area (Å²) in [5.41, 5.74) is 0.952. The number of hydrogen-bond donors (Lipinski definition) is 1. The first-order chi connectivity index (χ1) is 18.8. The van der Waals surface area contributed by atoms with Gasteiger partial charge in [-0.25, -0.2) is 14.4 Å². The van der Waals surface area contributed by atoms with Crippen molar-refractivity contribution in [3.05, 3.63) is 108 Å². The second-order valence-corrected chi connectivity index (χ2v) is 9.26. The fourth-order valence-electron chi connectivity index (χ4n) is 3.85. The quantitative estimate of drug-likeness (QED) is 0.256. The zero-order valence-corrected chi connectivity index (χ0v) is 22.2. The largest absolute Gasteiger partial charge is 0.459 e. The first-order valence-corrected chi connectivity index (χ1v) is 12.6. The summed E-state index contributed by atoms with van der Waals surface area (Å²) in [7, 11) is 3.47. The van der Waals surface area contributed by atoms with Crippen molar-refractivity contribution < 1.29 is 33.3 Å². The molecule has 1 heterocycles. The number of carbonyl (C=O) groups is 3. The Morgan fingerprint density at radius 2 is 1.18 bits per heavy atom. The van der Waals surface area contributed by atoms with E-state index in [1.165, 1.54) is 0 Å². The van der Waals surface area contributed by atoms with E-state index >= 15 is 0 Å². The highest BCUT2D eigenvalue weighted by molar-refractivity contribution is 7.80. The number of ether oxygens (including phenoxy) is 4. The first kappa shape index (κ1) is 27.7. The van der Waals surface area contributed by atoms with Crippen LogP contribution in [0.1, 0.15) is 31.1 Å². The smallest absolute Gasteiger partial charge is 0.338 e. The number of rotatable bonds is 8. The molecule has 9 nitrogen and oxygen atoms in total. The topological polar surface area (TPSA) is 103 Å². The van der Waals surface area contributed by atoms with Gasteiger partial charge in [-0.15, -0.1) is 0 Å². The summed E-state index contributed by atoms with van der Waals surface area (Å²) >= 11 is 5.39. The summed E-state index contributed by atoms with van der Waals surface area (Å²) in [5.74, 6) is -1.87. The maximum Gasteiger partial charge on any atom is 0.338 e. The molecule has 202 valence electrons. The summed E-state index contributed by atoms with van der Waals surface area (Å²) in [5, 5.41) is 3.31. The molecule has 0 bridgehead atoms. The third-order valence-electron chi connectivity index (χ3n) is 5.88. The monoisotopic (exact) mass is 548 g/mol. The maximum absolute atomic E-state index is 13.1. The number of carbonyl (C=O) groups excluding carboxylic acids is 3. The van der Waals surface area contributed by atoms with Crippen LogP contribution in [0.5, 0.6) is 0 Å². The van der Waals surface area contributed by atoms with E-state index in [0.29, 0.717) is 21.8 Å². The average molecular weight is 549 g/mol. The van der Waals surface area contributed by atoms with Gasteiger partial charge in [-0.1, -0.05) is 54.6 Å². The van der Waals surface area contributed by atoms with Gasteiger partial charge in [0.15, 0.2) is 23.5 Å². The Balaban J connectivity index is 1.61. The molecule has 1 N–H and O–H groups in total. The van der Waals surface area contributed by atoms with E-state index in [9.17, 15) is 14.4 Å². The molecule has 0 unspecified atom stereocenters. The molecule has 0 radical (unpaired) electrons. The normalized spacial score (nSPS) is 19.9. The predicted molar refractivity (Wildman–Crippen MR) is 146 cm³/mol. The molecule has 10 heteroatoms. The predicted octanol–water partition coefficient (Wildman–Crippen LogP) is 3.46. The number of nitrogens with one attached hydrogen (secondary N) is 1. The molecule has 0 aliphatic carbocycles. The van der Waals surface area contributed by atoms with Crippen molar-refractivity contribution >= 4 is 35.2 Å². The minimum atomic E-state index is -1.13. The summed E-state index contributed by atoms with van der Waals surface area (Å²) in [6.07, 6.45) is -4.22. The fraction of sp³-hybridized carbons (Fsp3) is 0.241. The average Bonchev–Trinajstić information content (AvgIpc) is 3.27. The van der Waals surface area contributed by atoms with Crippen LogP contribution in [0.4, 0.5) is 0 Å². The van der Waals surface area contributed by atoms with Gasteiger partial charge in [0.2, 0.25) is 0 Å². The number of esters is 3. The Morgan fingerprint density at radius 1 is 0.744 bits per heavy atom. The Bertz CT molecular complexity index is 1290. The van der Waals surface area contributed by atoms with Crippen LogP contribution in [-0.2, 0) is 18.9 Å². The van der Waals surface area contributed by atoms with E-state index in [4.69, 9.17) is 31.2 Å². The van der Waals surface area contributed by atoms with Crippen LogP contribution in [0.15, 0.2) is 91.0 Å². The molecule has 1 aliphatic rings. The molecule has 0 aromatic heterocycles. The molecule has 4 atom stereocenters. The van der Waals surface area contributed by atoms with Crippen LogP contribution in [0.3, 0.4) is 0 Å². The van der Waals surface area contributed by atoms with E-state index in [-0.39, 0.29) is 6.61 Å². The Kier molecular flexibility index (Phi) is 9.24. The molecule has 0 spiro atoms. The second kappa shape index (κ2) is 13.0. The maximum atomic E-state index is 13.1. The summed E-state index contributed by atoms with van der Waals surface area (Å²) in [4.78, 5) is 40.4. The van der Waals surface area contributed by atoms with Crippen molar-refractivity contribution in [3.8, 4) is 0 Å². The van der Waals surface area contributed by atoms with Crippen molar-refractivity contribution in [3.63, 3.8) is 0 Å². The Hall–Kier alpha value is -4.28. The van der Waals surface area contributed by atoms with Gasteiger partial charge < -0.3 is 29.2 Å². The van der Waals surface area contributed by atoms with E-state index in [2.05, 4.69) is 5.32 Å². The van der Waals surface area contributed by atoms with E-state index in [1.54, 1.807) is 110 Å². The highest BCUT2D eigenvalue weighted by atomic mass is 32.1. The third-order valence-corrected chi connectivity index (χ3v) is 6.36. The van der Waals surface area contributed by atoms with Crippen LogP contribution >= 0.6 is 12.2 Å². The lowest BCUT2D eigenvalue weighted by Gasteiger charge is -2.26. The number of thiocarbonyl (C=S) groups is 1. The fourth-order valence-corrected chi connectivity index (χ4v) is 3.96. The Labute approximate surface area is 231 Å². The third kappa shape index (κ3) is 7.18. The lowest BCUT2D eigenvalue weighted by atomic mass is 10.1. The van der Waals surface area contributed by atoms with Crippen LogP contribution in [0.2, 0.25) is 0 Å². The Morgan fingerprint density at radius 3 is 1.64 bits per heavy atom. The van der Waals surface area contributed by atoms with Gasteiger partial charge in [-0.3, -0.25) is 0 Å². The second-order valence-electron chi connectivity index (χ2n) is 8.88. The first-order valence-electron chi connectivity index (χ1n) is 12.2. The molecule has 4 rings (SSSR count). The van der Waals surface area contributed by atoms with E-state index < -0.39 is 42.4 Å². The molecule has 3 aromatic rings. The van der Waals surface area contributed by atoms with Gasteiger partial charge in [0.05, 0.1) is 16.7 Å². The molecule has 3 aromatic carbocycles. The van der Waals surface area contributed by atoms with Gasteiger partial charge in [0.25, 0.3) is 0 Å². The van der Waals surface area contributed by atoms with Gasteiger partial charge >= 0.3 is 17.9 Å². The van der Waals surface area contributed by atoms with Crippen LogP contribution < -0.4 is 5.32 Å². The minimum Gasteiger partial charge on any atom is -0.459 e. The molecule has 0 saturated carbocycles.